The Morgan fingerprint density at radius 1 is 2.00 bits per heavy atom. The van der Waals surface area contributed by atoms with E-state index in [0.29, 0.717) is 6.54 Å². The maximum absolute atomic E-state index is 5.25. The minimum absolute atomic E-state index is 0.424. The van der Waals surface area contributed by atoms with Crippen LogP contribution >= 0.6 is 0 Å². The van der Waals surface area contributed by atoms with Gasteiger partial charge in [0.05, 0.1) is 6.54 Å². The quantitative estimate of drug-likeness (QED) is 0.459. The molecular formula is C3H8N5-. The summed E-state index contributed by atoms with van der Waals surface area (Å²) in [4.78, 5) is 0. The number of hydrogen-bond donors (Lipinski definition) is 2. The van der Waals surface area contributed by atoms with E-state index in [2.05, 4.69) is 16.2 Å². The lowest BCUT2D eigenvalue weighted by molar-refractivity contribution is 0.438. The van der Waals surface area contributed by atoms with Gasteiger partial charge < -0.3 is 21.4 Å². The highest BCUT2D eigenvalue weighted by atomic mass is 15.8. The molecule has 3 N–H and O–H groups in total. The molecule has 0 fully saturated rings. The monoisotopic (exact) mass is 114 g/mol. The highest BCUT2D eigenvalue weighted by molar-refractivity contribution is 5.85. The Labute approximate surface area is 47.5 Å². The van der Waals surface area contributed by atoms with Gasteiger partial charge in [0.15, 0.2) is 0 Å². The first-order chi connectivity index (χ1) is 3.84. The molecule has 8 heavy (non-hydrogen) atoms. The van der Waals surface area contributed by atoms with Gasteiger partial charge in [-0.05, 0) is 0 Å². The summed E-state index contributed by atoms with van der Waals surface area (Å²) < 4.78 is 0. The van der Waals surface area contributed by atoms with E-state index in [1.165, 1.54) is 0 Å². The lowest BCUT2D eigenvalue weighted by Crippen LogP contribution is -2.35. The van der Waals surface area contributed by atoms with Gasteiger partial charge in [0.2, 0.25) is 0 Å². The van der Waals surface area contributed by atoms with Crippen LogP contribution in [0.15, 0.2) is 5.10 Å². The van der Waals surface area contributed by atoms with Crippen LogP contribution in [0, 0.1) is 0 Å². The van der Waals surface area contributed by atoms with Gasteiger partial charge in [0.25, 0.3) is 0 Å². The van der Waals surface area contributed by atoms with Crippen LogP contribution in [0.25, 0.3) is 5.53 Å². The third-order valence-electron chi connectivity index (χ3n) is 0.930. The lowest BCUT2D eigenvalue weighted by atomic mass is 10.6. The van der Waals surface area contributed by atoms with Crippen molar-refractivity contribution in [1.82, 2.24) is 10.5 Å². The van der Waals surface area contributed by atoms with E-state index >= 15 is 0 Å². The van der Waals surface area contributed by atoms with E-state index in [9.17, 15) is 0 Å². The van der Waals surface area contributed by atoms with Crippen molar-refractivity contribution in [2.24, 2.45) is 10.8 Å². The number of likely N-dealkylation sites (N-methyl/N-ethyl adjacent to an activating group) is 1. The van der Waals surface area contributed by atoms with Crippen molar-refractivity contribution >= 4 is 5.84 Å². The Bertz CT molecular complexity index is 108. The predicted octanol–water partition coefficient (Wildman–Crippen LogP) is -1.00. The molecule has 1 aliphatic heterocycles. The first kappa shape index (κ1) is 5.33. The van der Waals surface area contributed by atoms with Gasteiger partial charge in [-0.3, -0.25) is 5.53 Å². The number of nitrogens with two attached hydrogens (primary N) is 1. The fourth-order valence-electron chi connectivity index (χ4n) is 0.450. The average molecular weight is 114 g/mol. The molecule has 0 bridgehead atoms. The van der Waals surface area contributed by atoms with Crippen LogP contribution in [0.4, 0.5) is 0 Å². The van der Waals surface area contributed by atoms with Crippen LogP contribution in [0.1, 0.15) is 0 Å². The molecule has 46 valence electrons. The first-order valence-electron chi connectivity index (χ1n) is 2.30. The van der Waals surface area contributed by atoms with E-state index in [-0.39, 0.29) is 0 Å². The molecule has 0 radical (unpaired) electrons. The maximum Gasteiger partial charge on any atom is 0.112 e. The number of nitrogens with one attached hydrogen (secondary N) is 1. The normalized spacial score (nSPS) is 18.2. The molecule has 0 unspecified atom stereocenters. The fraction of sp³-hybridized carbons (Fsp3) is 0.667. The van der Waals surface area contributed by atoms with Gasteiger partial charge in [-0.15, -0.1) is 0 Å². The molecule has 0 aromatic heterocycles. The Morgan fingerprint density at radius 3 is 3.00 bits per heavy atom. The van der Waals surface area contributed by atoms with E-state index < -0.39 is 0 Å². The summed E-state index contributed by atoms with van der Waals surface area (Å²) in [6, 6.07) is 0. The highest BCUT2D eigenvalue weighted by Gasteiger charge is 1.99. The first-order valence-corrected chi connectivity index (χ1v) is 2.30. The predicted molar refractivity (Wildman–Crippen MR) is 30.7 cm³/mol. The van der Waals surface area contributed by atoms with E-state index in [0.717, 1.165) is 5.84 Å². The molecule has 0 spiro atoms. The fourth-order valence-corrected chi connectivity index (χ4v) is 0.450. The molecule has 0 saturated heterocycles. The minimum atomic E-state index is 0.424. The zero-order valence-corrected chi connectivity index (χ0v) is 4.63. The molecule has 0 saturated carbocycles. The van der Waals surface area contributed by atoms with E-state index in [4.69, 9.17) is 5.73 Å². The van der Waals surface area contributed by atoms with Crippen molar-refractivity contribution in [2.45, 2.75) is 0 Å². The Kier molecular flexibility index (Phi) is 1.32. The topological polar surface area (TPSA) is 67.8 Å². The Morgan fingerprint density at radius 2 is 2.75 bits per heavy atom. The third-order valence-corrected chi connectivity index (χ3v) is 0.930. The standard InChI is InChI=1S/C3H8N5/c1-8-3(2-4)5-6-7-8/h7H,2,4H2,1H3/q-1. The average Bonchev–Trinajstić information content (AvgIpc) is 2.14. The van der Waals surface area contributed by atoms with Crippen LogP contribution < -0.4 is 11.3 Å². The van der Waals surface area contributed by atoms with Crippen LogP contribution in [0.5, 0.6) is 0 Å². The van der Waals surface area contributed by atoms with Crippen molar-refractivity contribution in [2.75, 3.05) is 13.6 Å². The van der Waals surface area contributed by atoms with Gasteiger partial charge in [-0.1, -0.05) is 0 Å². The molecule has 0 aromatic rings. The minimum Gasteiger partial charge on any atom is -0.520 e. The van der Waals surface area contributed by atoms with Crippen LogP contribution in [0.3, 0.4) is 0 Å². The van der Waals surface area contributed by atoms with Crippen molar-refractivity contribution < 1.29 is 0 Å². The molecule has 1 rings (SSSR count). The van der Waals surface area contributed by atoms with E-state index in [1.54, 1.807) is 5.01 Å². The second-order valence-electron chi connectivity index (χ2n) is 1.48. The molecule has 0 amide bonds. The summed E-state index contributed by atoms with van der Waals surface area (Å²) in [6.07, 6.45) is 0. The largest absolute Gasteiger partial charge is 0.520 e. The summed E-state index contributed by atoms with van der Waals surface area (Å²) in [7, 11) is 1.81. The van der Waals surface area contributed by atoms with Crippen molar-refractivity contribution in [1.29, 1.82) is 0 Å². The molecule has 0 aliphatic carbocycles. The summed E-state index contributed by atoms with van der Waals surface area (Å²) in [5, 5.41) is 5.33. The van der Waals surface area contributed by atoms with Crippen molar-refractivity contribution in [3.63, 3.8) is 0 Å². The lowest BCUT2D eigenvalue weighted by Gasteiger charge is -2.16. The highest BCUT2D eigenvalue weighted by Crippen LogP contribution is 1.96. The smallest absolute Gasteiger partial charge is 0.112 e. The maximum atomic E-state index is 5.25. The molecule has 0 atom stereocenters. The van der Waals surface area contributed by atoms with Crippen LogP contribution in [-0.2, 0) is 0 Å². The van der Waals surface area contributed by atoms with Gasteiger partial charge >= 0.3 is 0 Å². The third kappa shape index (κ3) is 0.728. The Balaban J connectivity index is 2.49. The SMILES string of the molecule is CN1N[N-]N=C1CN. The number of nitrogens with zero attached hydrogens (tertiary/aromatic N) is 3. The molecule has 1 heterocycles. The second kappa shape index (κ2) is 1.97. The summed E-state index contributed by atoms with van der Waals surface area (Å²) >= 11 is 0. The van der Waals surface area contributed by atoms with Crippen molar-refractivity contribution in [3.8, 4) is 0 Å². The van der Waals surface area contributed by atoms with E-state index in [1.807, 2.05) is 7.05 Å². The number of hydrazine groups is 1. The van der Waals surface area contributed by atoms with Gasteiger partial charge in [-0.25, -0.2) is 0 Å². The van der Waals surface area contributed by atoms with Crippen molar-refractivity contribution in [3.05, 3.63) is 5.53 Å². The molecule has 5 heteroatoms. The summed E-state index contributed by atoms with van der Waals surface area (Å²) in [5.74, 6) is 0.755. The zero-order valence-electron chi connectivity index (χ0n) is 4.63. The number of amidine groups is 1. The number of rotatable bonds is 1. The van der Waals surface area contributed by atoms with Gasteiger partial charge in [0, 0.05) is 7.05 Å². The number of hydrogen-bond acceptors (Lipinski definition) is 4. The second-order valence-corrected chi connectivity index (χ2v) is 1.48. The summed E-state index contributed by atoms with van der Waals surface area (Å²) in [5.41, 5.74) is 11.3. The summed E-state index contributed by atoms with van der Waals surface area (Å²) in [6.45, 7) is 0.424. The van der Waals surface area contributed by atoms with Crippen LogP contribution in [0.2, 0.25) is 0 Å². The molecule has 1 aliphatic rings. The Hall–Kier alpha value is -0.810. The molecule has 0 aromatic carbocycles. The van der Waals surface area contributed by atoms with Crippen LogP contribution in [-0.4, -0.2) is 24.4 Å². The van der Waals surface area contributed by atoms with Gasteiger partial charge in [-0.2, -0.15) is 0 Å². The molecule has 5 nitrogen and oxygen atoms in total. The molecular weight excluding hydrogens is 106 g/mol. The van der Waals surface area contributed by atoms with Gasteiger partial charge in [0.1, 0.15) is 5.84 Å². The zero-order chi connectivity index (χ0) is 5.98.